The average Bonchev–Trinajstić information content (AvgIpc) is 2.31. The second kappa shape index (κ2) is 5.33. The first-order valence-electron chi connectivity index (χ1n) is 6.62. The first kappa shape index (κ1) is 12.1. The maximum Gasteiger partial charge on any atom is 0.160 e. The number of rotatable bonds is 3. The predicted octanol–water partition coefficient (Wildman–Crippen LogP) is 3.52. The van der Waals surface area contributed by atoms with Crippen LogP contribution in [0.3, 0.4) is 0 Å². The smallest absolute Gasteiger partial charge is 0.160 e. The van der Waals surface area contributed by atoms with E-state index in [1.165, 1.54) is 25.7 Å². The van der Waals surface area contributed by atoms with Crippen molar-refractivity contribution >= 4 is 0 Å². The average molecular weight is 224 g/mol. The van der Waals surface area contributed by atoms with Crippen molar-refractivity contribution < 1.29 is 9.47 Å². The summed E-state index contributed by atoms with van der Waals surface area (Å²) in [5, 5.41) is 0. The lowest BCUT2D eigenvalue weighted by atomic mass is 9.86. The van der Waals surface area contributed by atoms with Crippen LogP contribution in [0, 0.1) is 11.3 Å². The third kappa shape index (κ3) is 2.86. The Morgan fingerprint density at radius 1 is 1.25 bits per heavy atom. The van der Waals surface area contributed by atoms with Gasteiger partial charge in [0.1, 0.15) is 0 Å². The van der Waals surface area contributed by atoms with Gasteiger partial charge in [0.25, 0.3) is 0 Å². The van der Waals surface area contributed by atoms with Gasteiger partial charge in [0.15, 0.2) is 6.29 Å². The summed E-state index contributed by atoms with van der Waals surface area (Å²) in [6, 6.07) is 0. The molecule has 2 nitrogen and oxygen atoms in total. The van der Waals surface area contributed by atoms with Crippen molar-refractivity contribution in [1.82, 2.24) is 0 Å². The van der Waals surface area contributed by atoms with Crippen molar-refractivity contribution in [3.05, 3.63) is 12.2 Å². The normalized spacial score (nSPS) is 39.9. The van der Waals surface area contributed by atoms with E-state index < -0.39 is 0 Å². The van der Waals surface area contributed by atoms with Gasteiger partial charge in [-0.25, -0.2) is 0 Å². The molecule has 0 bridgehead atoms. The lowest BCUT2D eigenvalue weighted by molar-refractivity contribution is -0.248. The summed E-state index contributed by atoms with van der Waals surface area (Å²) >= 11 is 0. The molecule has 0 saturated carbocycles. The third-order valence-electron chi connectivity index (χ3n) is 3.74. The lowest BCUT2D eigenvalue weighted by Gasteiger charge is -2.40. The zero-order valence-electron chi connectivity index (χ0n) is 10.6. The summed E-state index contributed by atoms with van der Waals surface area (Å²) in [5.41, 5.74) is 0.246. The topological polar surface area (TPSA) is 18.5 Å². The second-order valence-corrected chi connectivity index (χ2v) is 5.60. The fraction of sp³-hybridized carbons (Fsp3) is 0.857. The molecule has 2 rings (SSSR count). The fourth-order valence-electron chi connectivity index (χ4n) is 2.74. The SMILES string of the molecule is CCCC1(C)COC([C@H]2CC=CCC2)OC1. The Morgan fingerprint density at radius 3 is 2.56 bits per heavy atom. The summed E-state index contributed by atoms with van der Waals surface area (Å²) in [6.45, 7) is 6.23. The molecule has 92 valence electrons. The molecular formula is C14H24O2. The summed E-state index contributed by atoms with van der Waals surface area (Å²) in [4.78, 5) is 0. The maximum absolute atomic E-state index is 5.93. The fourth-order valence-corrected chi connectivity index (χ4v) is 2.74. The molecule has 1 aliphatic carbocycles. The number of hydrogen-bond donors (Lipinski definition) is 0. The molecular weight excluding hydrogens is 200 g/mol. The van der Waals surface area contributed by atoms with Crippen LogP contribution in [0.4, 0.5) is 0 Å². The molecule has 0 aromatic rings. The van der Waals surface area contributed by atoms with E-state index in [0.717, 1.165) is 19.6 Å². The Balaban J connectivity index is 1.82. The molecule has 1 fully saturated rings. The van der Waals surface area contributed by atoms with Gasteiger partial charge in [-0.1, -0.05) is 32.4 Å². The molecule has 0 aromatic carbocycles. The van der Waals surface area contributed by atoms with Crippen LogP contribution in [0.5, 0.6) is 0 Å². The predicted molar refractivity (Wildman–Crippen MR) is 65.2 cm³/mol. The van der Waals surface area contributed by atoms with Gasteiger partial charge in [-0.05, 0) is 25.7 Å². The van der Waals surface area contributed by atoms with Gasteiger partial charge in [-0.3, -0.25) is 0 Å². The van der Waals surface area contributed by atoms with Gasteiger partial charge in [0.2, 0.25) is 0 Å². The minimum Gasteiger partial charge on any atom is -0.352 e. The van der Waals surface area contributed by atoms with E-state index in [4.69, 9.17) is 9.47 Å². The molecule has 0 unspecified atom stereocenters. The Morgan fingerprint density at radius 2 is 2.00 bits per heavy atom. The van der Waals surface area contributed by atoms with Gasteiger partial charge >= 0.3 is 0 Å². The van der Waals surface area contributed by atoms with Crippen molar-refractivity contribution in [2.75, 3.05) is 13.2 Å². The second-order valence-electron chi connectivity index (χ2n) is 5.60. The Labute approximate surface area is 99.0 Å². The summed E-state index contributed by atoms with van der Waals surface area (Å²) in [5.74, 6) is 0.580. The van der Waals surface area contributed by atoms with Crippen LogP contribution in [0.15, 0.2) is 12.2 Å². The molecule has 2 aliphatic rings. The molecule has 0 radical (unpaired) electrons. The highest BCUT2D eigenvalue weighted by atomic mass is 16.7. The molecule has 16 heavy (non-hydrogen) atoms. The molecule has 2 heteroatoms. The van der Waals surface area contributed by atoms with E-state index in [0.29, 0.717) is 5.92 Å². The van der Waals surface area contributed by atoms with Crippen LogP contribution in [-0.2, 0) is 9.47 Å². The zero-order chi connectivity index (χ0) is 11.4. The molecule has 1 atom stereocenters. The molecule has 0 amide bonds. The van der Waals surface area contributed by atoms with Crippen LogP contribution >= 0.6 is 0 Å². The van der Waals surface area contributed by atoms with Crippen LogP contribution in [0.2, 0.25) is 0 Å². The van der Waals surface area contributed by atoms with Gasteiger partial charge in [-0.15, -0.1) is 0 Å². The van der Waals surface area contributed by atoms with Gasteiger partial charge in [-0.2, -0.15) is 0 Å². The highest BCUT2D eigenvalue weighted by Gasteiger charge is 2.35. The summed E-state index contributed by atoms with van der Waals surface area (Å²) < 4.78 is 11.9. The van der Waals surface area contributed by atoms with Crippen molar-refractivity contribution in [2.45, 2.75) is 52.2 Å². The Hall–Kier alpha value is -0.340. The van der Waals surface area contributed by atoms with Crippen molar-refractivity contribution in [3.63, 3.8) is 0 Å². The molecule has 0 N–H and O–H groups in total. The van der Waals surface area contributed by atoms with Gasteiger partial charge in [0.05, 0.1) is 13.2 Å². The van der Waals surface area contributed by atoms with Gasteiger partial charge in [0, 0.05) is 11.3 Å². The number of hydrogen-bond acceptors (Lipinski definition) is 2. The largest absolute Gasteiger partial charge is 0.352 e. The Bertz CT molecular complexity index is 239. The highest BCUT2D eigenvalue weighted by Crippen LogP contribution is 2.34. The van der Waals surface area contributed by atoms with E-state index in [9.17, 15) is 0 Å². The minimum absolute atomic E-state index is 0.0508. The van der Waals surface area contributed by atoms with Crippen LogP contribution in [-0.4, -0.2) is 19.5 Å². The van der Waals surface area contributed by atoms with E-state index in [1.54, 1.807) is 0 Å². The van der Waals surface area contributed by atoms with E-state index >= 15 is 0 Å². The number of ether oxygens (including phenoxy) is 2. The lowest BCUT2D eigenvalue weighted by Crippen LogP contribution is -2.43. The van der Waals surface area contributed by atoms with E-state index in [2.05, 4.69) is 26.0 Å². The van der Waals surface area contributed by atoms with Crippen molar-refractivity contribution in [2.24, 2.45) is 11.3 Å². The monoisotopic (exact) mass is 224 g/mol. The molecule has 1 heterocycles. The third-order valence-corrected chi connectivity index (χ3v) is 3.74. The molecule has 1 saturated heterocycles. The van der Waals surface area contributed by atoms with Crippen molar-refractivity contribution in [1.29, 1.82) is 0 Å². The maximum atomic E-state index is 5.93. The van der Waals surface area contributed by atoms with Crippen LogP contribution in [0.25, 0.3) is 0 Å². The quantitative estimate of drug-likeness (QED) is 0.683. The molecule has 0 aromatic heterocycles. The summed E-state index contributed by atoms with van der Waals surface area (Å²) in [6.07, 6.45) is 10.5. The minimum atomic E-state index is 0.0508. The Kier molecular flexibility index (Phi) is 4.04. The number of allylic oxidation sites excluding steroid dienone is 2. The van der Waals surface area contributed by atoms with Crippen LogP contribution in [0.1, 0.15) is 46.0 Å². The van der Waals surface area contributed by atoms with Crippen molar-refractivity contribution in [3.8, 4) is 0 Å². The summed E-state index contributed by atoms with van der Waals surface area (Å²) in [7, 11) is 0. The molecule has 1 aliphatic heterocycles. The zero-order valence-corrected chi connectivity index (χ0v) is 10.6. The highest BCUT2D eigenvalue weighted by molar-refractivity contribution is 4.92. The van der Waals surface area contributed by atoms with Gasteiger partial charge < -0.3 is 9.47 Å². The first-order valence-corrected chi connectivity index (χ1v) is 6.62. The first-order chi connectivity index (χ1) is 7.73. The van der Waals surface area contributed by atoms with E-state index in [-0.39, 0.29) is 11.7 Å². The van der Waals surface area contributed by atoms with Crippen LogP contribution < -0.4 is 0 Å². The molecule has 0 spiro atoms. The van der Waals surface area contributed by atoms with E-state index in [1.807, 2.05) is 0 Å². The standard InChI is InChI=1S/C14H24O2/c1-3-9-14(2)10-15-13(16-11-14)12-7-5-4-6-8-12/h4-5,12-13H,3,6-11H2,1-2H3/t12-,13?,14?/m0/s1.